The van der Waals surface area contributed by atoms with E-state index in [1.165, 1.54) is 0 Å². The molecule has 1 aromatic rings. The molecule has 0 amide bonds. The molecule has 4 heteroatoms. The van der Waals surface area contributed by atoms with E-state index in [0.717, 1.165) is 17.7 Å². The van der Waals surface area contributed by atoms with Crippen LogP contribution in [0, 0.1) is 0 Å². The van der Waals surface area contributed by atoms with Crippen molar-refractivity contribution in [2.45, 2.75) is 32.3 Å². The number of ether oxygens (including phenoxy) is 2. The lowest BCUT2D eigenvalue weighted by molar-refractivity contribution is 0.0884. The van der Waals surface area contributed by atoms with Crippen LogP contribution >= 0.6 is 0 Å². The minimum absolute atomic E-state index is 0.213. The minimum Gasteiger partial charge on any atom is -0.493 e. The number of hydrogen-bond donors (Lipinski definition) is 2. The van der Waals surface area contributed by atoms with Gasteiger partial charge in [0.15, 0.2) is 11.5 Å². The molecule has 0 aliphatic carbocycles. The molecule has 0 spiro atoms. The smallest absolute Gasteiger partial charge is 0.164 e. The predicted octanol–water partition coefficient (Wildman–Crippen LogP) is 1.77. The molecule has 102 valence electrons. The first kappa shape index (κ1) is 14.8. The second-order valence-corrected chi connectivity index (χ2v) is 4.17. The maximum Gasteiger partial charge on any atom is 0.164 e. The van der Waals surface area contributed by atoms with Gasteiger partial charge >= 0.3 is 0 Å². The third kappa shape index (κ3) is 4.20. The van der Waals surface area contributed by atoms with Crippen LogP contribution < -0.4 is 9.47 Å². The Morgan fingerprint density at radius 3 is 2.72 bits per heavy atom. The first-order valence-electron chi connectivity index (χ1n) is 6.30. The zero-order chi connectivity index (χ0) is 13.4. The number of hydrogen-bond acceptors (Lipinski definition) is 4. The van der Waals surface area contributed by atoms with Crippen LogP contribution in [-0.4, -0.2) is 36.6 Å². The molecular formula is C14H22O4. The van der Waals surface area contributed by atoms with Crippen LogP contribution in [0.15, 0.2) is 18.2 Å². The van der Waals surface area contributed by atoms with Crippen molar-refractivity contribution in [1.82, 2.24) is 0 Å². The van der Waals surface area contributed by atoms with E-state index < -0.39 is 6.10 Å². The highest BCUT2D eigenvalue weighted by Gasteiger charge is 2.12. The standard InChI is InChI=1S/C14H22O4/c1-3-9-18-14-11(7-8-12(16)10-15)5-4-6-13(14)17-2/h4-6,12,15-16H,3,7-10H2,1-2H3. The molecule has 0 saturated carbocycles. The summed E-state index contributed by atoms with van der Waals surface area (Å²) in [4.78, 5) is 0. The number of para-hydroxylation sites is 1. The Morgan fingerprint density at radius 2 is 2.11 bits per heavy atom. The average Bonchev–Trinajstić information content (AvgIpc) is 2.42. The van der Waals surface area contributed by atoms with Crippen LogP contribution in [0.25, 0.3) is 0 Å². The second kappa shape index (κ2) is 7.95. The van der Waals surface area contributed by atoms with Gasteiger partial charge in [-0.3, -0.25) is 0 Å². The molecule has 18 heavy (non-hydrogen) atoms. The highest BCUT2D eigenvalue weighted by molar-refractivity contribution is 5.46. The molecule has 0 aliphatic heterocycles. The maximum absolute atomic E-state index is 9.39. The normalized spacial score (nSPS) is 12.2. The van der Waals surface area contributed by atoms with Crippen molar-refractivity contribution in [1.29, 1.82) is 0 Å². The summed E-state index contributed by atoms with van der Waals surface area (Å²) >= 11 is 0. The van der Waals surface area contributed by atoms with E-state index in [9.17, 15) is 5.11 Å². The molecule has 0 aliphatic rings. The van der Waals surface area contributed by atoms with E-state index in [2.05, 4.69) is 0 Å². The summed E-state index contributed by atoms with van der Waals surface area (Å²) in [6.45, 7) is 2.47. The quantitative estimate of drug-likeness (QED) is 0.742. The van der Waals surface area contributed by atoms with Crippen molar-refractivity contribution < 1.29 is 19.7 Å². The van der Waals surface area contributed by atoms with Gasteiger partial charge in [-0.2, -0.15) is 0 Å². The fourth-order valence-corrected chi connectivity index (χ4v) is 1.70. The van der Waals surface area contributed by atoms with Gasteiger partial charge in [0, 0.05) is 0 Å². The molecule has 4 nitrogen and oxygen atoms in total. The zero-order valence-corrected chi connectivity index (χ0v) is 11.1. The van der Waals surface area contributed by atoms with Gasteiger partial charge in [-0.15, -0.1) is 0 Å². The van der Waals surface area contributed by atoms with Crippen LogP contribution in [0.4, 0.5) is 0 Å². The van der Waals surface area contributed by atoms with Crippen molar-refractivity contribution in [2.24, 2.45) is 0 Å². The molecule has 0 saturated heterocycles. The Morgan fingerprint density at radius 1 is 1.33 bits per heavy atom. The van der Waals surface area contributed by atoms with Crippen molar-refractivity contribution in [3.63, 3.8) is 0 Å². The average molecular weight is 254 g/mol. The molecule has 0 fully saturated rings. The van der Waals surface area contributed by atoms with Crippen LogP contribution in [0.2, 0.25) is 0 Å². The lowest BCUT2D eigenvalue weighted by Crippen LogP contribution is -2.13. The van der Waals surface area contributed by atoms with Gasteiger partial charge in [-0.25, -0.2) is 0 Å². The fraction of sp³-hybridized carbons (Fsp3) is 0.571. The van der Waals surface area contributed by atoms with Crippen LogP contribution in [0.5, 0.6) is 11.5 Å². The number of aliphatic hydroxyl groups is 2. The zero-order valence-electron chi connectivity index (χ0n) is 11.1. The topological polar surface area (TPSA) is 58.9 Å². The maximum atomic E-state index is 9.39. The molecule has 0 bridgehead atoms. The first-order valence-corrected chi connectivity index (χ1v) is 6.30. The lowest BCUT2D eigenvalue weighted by Gasteiger charge is -2.15. The van der Waals surface area contributed by atoms with E-state index in [0.29, 0.717) is 25.2 Å². The number of aryl methyl sites for hydroxylation is 1. The molecule has 1 unspecified atom stereocenters. The number of methoxy groups -OCH3 is 1. The summed E-state index contributed by atoms with van der Waals surface area (Å²) in [5, 5.41) is 18.2. The number of rotatable bonds is 8. The molecule has 0 heterocycles. The lowest BCUT2D eigenvalue weighted by atomic mass is 10.1. The fourth-order valence-electron chi connectivity index (χ4n) is 1.70. The van der Waals surface area contributed by atoms with Gasteiger partial charge in [0.05, 0.1) is 26.4 Å². The van der Waals surface area contributed by atoms with Crippen molar-refractivity contribution in [3.8, 4) is 11.5 Å². The first-order chi connectivity index (χ1) is 8.72. The second-order valence-electron chi connectivity index (χ2n) is 4.17. The predicted molar refractivity (Wildman–Crippen MR) is 70.2 cm³/mol. The SMILES string of the molecule is CCCOc1c(CCC(O)CO)cccc1OC. The molecular weight excluding hydrogens is 232 g/mol. The van der Waals surface area contributed by atoms with Crippen LogP contribution in [0.3, 0.4) is 0 Å². The molecule has 0 radical (unpaired) electrons. The molecule has 2 N–H and O–H groups in total. The third-order valence-corrected chi connectivity index (χ3v) is 2.69. The van der Waals surface area contributed by atoms with Gasteiger partial charge in [0.25, 0.3) is 0 Å². The third-order valence-electron chi connectivity index (χ3n) is 2.69. The summed E-state index contributed by atoms with van der Waals surface area (Å²) in [5.74, 6) is 1.45. The molecule has 1 aromatic carbocycles. The summed E-state index contributed by atoms with van der Waals surface area (Å²) in [5.41, 5.74) is 0.996. The monoisotopic (exact) mass is 254 g/mol. The highest BCUT2D eigenvalue weighted by atomic mass is 16.5. The Kier molecular flexibility index (Phi) is 6.54. The largest absolute Gasteiger partial charge is 0.493 e. The molecule has 1 rings (SSSR count). The molecule has 0 aromatic heterocycles. The van der Waals surface area contributed by atoms with Crippen LogP contribution in [-0.2, 0) is 6.42 Å². The molecule has 1 atom stereocenters. The van der Waals surface area contributed by atoms with Gasteiger partial charge in [-0.05, 0) is 30.9 Å². The Balaban J connectivity index is 2.80. The number of benzene rings is 1. The summed E-state index contributed by atoms with van der Waals surface area (Å²) in [6, 6.07) is 5.72. The van der Waals surface area contributed by atoms with Gasteiger partial charge < -0.3 is 19.7 Å². The van der Waals surface area contributed by atoms with Crippen molar-refractivity contribution in [2.75, 3.05) is 20.3 Å². The van der Waals surface area contributed by atoms with Crippen LogP contribution in [0.1, 0.15) is 25.3 Å². The van der Waals surface area contributed by atoms with Crippen molar-refractivity contribution in [3.05, 3.63) is 23.8 Å². The van der Waals surface area contributed by atoms with Gasteiger partial charge in [0.2, 0.25) is 0 Å². The van der Waals surface area contributed by atoms with E-state index in [-0.39, 0.29) is 6.61 Å². The highest BCUT2D eigenvalue weighted by Crippen LogP contribution is 2.32. The van der Waals surface area contributed by atoms with Gasteiger partial charge in [-0.1, -0.05) is 19.1 Å². The Labute approximate surface area is 108 Å². The van der Waals surface area contributed by atoms with E-state index in [1.54, 1.807) is 7.11 Å². The van der Waals surface area contributed by atoms with E-state index in [4.69, 9.17) is 14.6 Å². The van der Waals surface area contributed by atoms with E-state index in [1.807, 2.05) is 25.1 Å². The Hall–Kier alpha value is -1.26. The van der Waals surface area contributed by atoms with Crippen molar-refractivity contribution >= 4 is 0 Å². The summed E-state index contributed by atoms with van der Waals surface area (Å²) < 4.78 is 11.0. The summed E-state index contributed by atoms with van der Waals surface area (Å²) in [6.07, 6.45) is 1.40. The number of aliphatic hydroxyl groups excluding tert-OH is 2. The minimum atomic E-state index is -0.685. The Bertz CT molecular complexity index is 352. The summed E-state index contributed by atoms with van der Waals surface area (Å²) in [7, 11) is 1.61. The van der Waals surface area contributed by atoms with E-state index >= 15 is 0 Å². The van der Waals surface area contributed by atoms with Gasteiger partial charge in [0.1, 0.15) is 0 Å².